The zero-order chi connectivity index (χ0) is 20.6. The molecule has 1 aliphatic rings. The molecule has 3 rings (SSSR count). The minimum Gasteiger partial charge on any atom is -0.493 e. The van der Waals surface area contributed by atoms with E-state index < -0.39 is 17.8 Å². The van der Waals surface area contributed by atoms with Gasteiger partial charge in [0.15, 0.2) is 11.5 Å². The Morgan fingerprint density at radius 3 is 2.25 bits per heavy atom. The Kier molecular flexibility index (Phi) is 4.72. The van der Waals surface area contributed by atoms with Crippen molar-refractivity contribution in [2.75, 3.05) is 21.3 Å². The van der Waals surface area contributed by atoms with Crippen molar-refractivity contribution in [3.05, 3.63) is 40.4 Å². The number of benzene rings is 1. The number of allylic oxidation sites excluding steroid dienone is 1. The lowest BCUT2D eigenvalue weighted by molar-refractivity contribution is -0.141. The van der Waals surface area contributed by atoms with E-state index in [4.69, 9.17) is 24.7 Å². The van der Waals surface area contributed by atoms with E-state index in [1.807, 2.05) is 11.2 Å². The van der Waals surface area contributed by atoms with Crippen LogP contribution in [0.4, 0.5) is 13.2 Å². The van der Waals surface area contributed by atoms with Gasteiger partial charge in [0.2, 0.25) is 17.5 Å². The number of methoxy groups -OCH3 is 3. The zero-order valence-electron chi connectivity index (χ0n) is 15.0. The molecule has 0 amide bonds. The minimum atomic E-state index is -4.75. The lowest BCUT2D eigenvalue weighted by Crippen LogP contribution is -2.23. The monoisotopic (exact) mass is 396 g/mol. The van der Waals surface area contributed by atoms with Crippen molar-refractivity contribution in [3.63, 3.8) is 0 Å². The number of hydrogen-bond acceptors (Lipinski definition) is 7. The fraction of sp³-hybridized carbons (Fsp3) is 0.294. The molecule has 0 bridgehead atoms. The van der Waals surface area contributed by atoms with Crippen molar-refractivity contribution >= 4 is 0 Å². The Hall–Kier alpha value is -3.55. The average Bonchev–Trinajstić information content (AvgIpc) is 3.09. The number of nitrogens with zero attached hydrogens (tertiary/aromatic N) is 2. The quantitative estimate of drug-likeness (QED) is 0.816. The molecule has 11 heteroatoms. The van der Waals surface area contributed by atoms with Crippen molar-refractivity contribution in [2.45, 2.75) is 12.1 Å². The second-order valence-electron chi connectivity index (χ2n) is 5.70. The Morgan fingerprint density at radius 2 is 1.79 bits per heavy atom. The van der Waals surface area contributed by atoms with Gasteiger partial charge in [-0.2, -0.15) is 18.4 Å². The summed E-state index contributed by atoms with van der Waals surface area (Å²) in [5.74, 6) is -1.25. The molecule has 1 aliphatic heterocycles. The molecule has 2 aromatic rings. The molecule has 0 saturated carbocycles. The molecular weight excluding hydrogens is 381 g/mol. The van der Waals surface area contributed by atoms with Gasteiger partial charge in [-0.1, -0.05) is 0 Å². The highest BCUT2D eigenvalue weighted by molar-refractivity contribution is 5.61. The van der Waals surface area contributed by atoms with Crippen LogP contribution in [0.5, 0.6) is 23.1 Å². The van der Waals surface area contributed by atoms with Crippen LogP contribution in [-0.2, 0) is 6.18 Å². The van der Waals surface area contributed by atoms with E-state index in [0.717, 1.165) is 0 Å². The molecule has 0 spiro atoms. The van der Waals surface area contributed by atoms with Crippen LogP contribution in [0, 0.1) is 11.3 Å². The molecule has 8 nitrogen and oxygen atoms in total. The van der Waals surface area contributed by atoms with E-state index in [1.54, 1.807) is 0 Å². The van der Waals surface area contributed by atoms with E-state index in [0.29, 0.717) is 0 Å². The summed E-state index contributed by atoms with van der Waals surface area (Å²) in [5, 5.41) is 15.0. The number of fused-ring (bicyclic) bond motifs is 1. The summed E-state index contributed by atoms with van der Waals surface area (Å²) >= 11 is 0. The van der Waals surface area contributed by atoms with Gasteiger partial charge in [-0.05, 0) is 17.7 Å². The van der Waals surface area contributed by atoms with Crippen LogP contribution in [0.2, 0.25) is 0 Å². The van der Waals surface area contributed by atoms with E-state index in [9.17, 15) is 18.4 Å². The Labute approximate surface area is 157 Å². The van der Waals surface area contributed by atoms with Gasteiger partial charge in [-0.15, -0.1) is 5.10 Å². The second-order valence-corrected chi connectivity index (χ2v) is 5.70. The number of nitrogens with two attached hydrogens (primary N) is 1. The third-order valence-electron chi connectivity index (χ3n) is 4.24. The number of ether oxygens (including phenoxy) is 4. The van der Waals surface area contributed by atoms with E-state index in [1.165, 1.54) is 33.5 Å². The summed E-state index contributed by atoms with van der Waals surface area (Å²) < 4.78 is 61.4. The van der Waals surface area contributed by atoms with Crippen LogP contribution in [0.1, 0.15) is 22.7 Å². The zero-order valence-corrected chi connectivity index (χ0v) is 15.0. The molecule has 0 unspecified atom stereocenters. The molecule has 0 aliphatic carbocycles. The highest BCUT2D eigenvalue weighted by atomic mass is 19.4. The first kappa shape index (κ1) is 19.2. The number of hydrogen-bond donors (Lipinski definition) is 2. The maximum atomic E-state index is 13.5. The summed E-state index contributed by atoms with van der Waals surface area (Å²) in [7, 11) is 4.12. The first-order chi connectivity index (χ1) is 13.3. The van der Waals surface area contributed by atoms with Gasteiger partial charge in [0.1, 0.15) is 17.3 Å². The first-order valence-corrected chi connectivity index (χ1v) is 7.79. The lowest BCUT2D eigenvalue weighted by atomic mass is 9.83. The number of nitrogens with one attached hydrogen (secondary N) is 1. The summed E-state index contributed by atoms with van der Waals surface area (Å²) in [6.45, 7) is 0. The number of aromatic amines is 1. The first-order valence-electron chi connectivity index (χ1n) is 7.79. The van der Waals surface area contributed by atoms with E-state index >= 15 is 0 Å². The standard InChI is InChI=1S/C17H15F3N4O4/c1-25-9-4-7(5-10(26-2)13(9)27-3)11-8(6-21)15(22)28-16-12(11)14(23-24-16)17(18,19)20/h4-5,11H,22H2,1-3H3,(H,23,24)/t11-/m1/s1. The number of halogens is 3. The predicted molar refractivity (Wildman–Crippen MR) is 89.0 cm³/mol. The van der Waals surface area contributed by atoms with E-state index in [2.05, 4.69) is 5.10 Å². The maximum Gasteiger partial charge on any atom is 0.433 e. The molecule has 0 radical (unpaired) electrons. The highest BCUT2D eigenvalue weighted by Crippen LogP contribution is 2.49. The smallest absolute Gasteiger partial charge is 0.433 e. The van der Waals surface area contributed by atoms with Crippen LogP contribution in [0.3, 0.4) is 0 Å². The van der Waals surface area contributed by atoms with Crippen molar-refractivity contribution in [1.29, 1.82) is 5.26 Å². The number of H-pyrrole nitrogens is 1. The summed E-state index contributed by atoms with van der Waals surface area (Å²) in [4.78, 5) is 0. The second kappa shape index (κ2) is 6.88. The van der Waals surface area contributed by atoms with Crippen molar-refractivity contribution in [2.24, 2.45) is 5.73 Å². The van der Waals surface area contributed by atoms with E-state index in [-0.39, 0.29) is 45.7 Å². The van der Waals surface area contributed by atoms with Crippen LogP contribution in [-0.4, -0.2) is 31.5 Å². The van der Waals surface area contributed by atoms with Gasteiger partial charge >= 0.3 is 6.18 Å². The van der Waals surface area contributed by atoms with Gasteiger partial charge < -0.3 is 24.7 Å². The van der Waals surface area contributed by atoms with Crippen LogP contribution < -0.4 is 24.7 Å². The van der Waals surface area contributed by atoms with Crippen LogP contribution in [0.25, 0.3) is 0 Å². The summed E-state index contributed by atoms with van der Waals surface area (Å²) in [6.07, 6.45) is -4.75. The molecule has 148 valence electrons. The van der Waals surface area contributed by atoms with Crippen molar-refractivity contribution in [1.82, 2.24) is 10.2 Å². The van der Waals surface area contributed by atoms with Crippen LogP contribution in [0.15, 0.2) is 23.6 Å². The third-order valence-corrected chi connectivity index (χ3v) is 4.24. The molecule has 1 aromatic heterocycles. The Balaban J connectivity index is 2.32. The topological polar surface area (TPSA) is 115 Å². The van der Waals surface area contributed by atoms with Gasteiger partial charge in [0.05, 0.1) is 32.8 Å². The normalized spacial score (nSPS) is 16.1. The van der Waals surface area contributed by atoms with Gasteiger partial charge in [0, 0.05) is 0 Å². The molecule has 2 heterocycles. The van der Waals surface area contributed by atoms with Crippen molar-refractivity contribution < 1.29 is 32.1 Å². The molecule has 1 aromatic carbocycles. The molecule has 0 fully saturated rings. The largest absolute Gasteiger partial charge is 0.493 e. The molecule has 28 heavy (non-hydrogen) atoms. The summed E-state index contributed by atoms with van der Waals surface area (Å²) in [6, 6.07) is 4.71. The fourth-order valence-corrected chi connectivity index (χ4v) is 3.06. The maximum absolute atomic E-state index is 13.5. The van der Waals surface area contributed by atoms with Crippen molar-refractivity contribution in [3.8, 4) is 29.2 Å². The Bertz CT molecular complexity index is 966. The van der Waals surface area contributed by atoms with Gasteiger partial charge in [-0.25, -0.2) is 0 Å². The molecule has 3 N–H and O–H groups in total. The SMILES string of the molecule is COc1cc([C@@H]2C(C#N)=C(N)Oc3n[nH]c(C(F)(F)F)c32)cc(OC)c1OC. The fourth-order valence-electron chi connectivity index (χ4n) is 3.06. The highest BCUT2D eigenvalue weighted by Gasteiger charge is 2.44. The molecular formula is C17H15F3N4O4. The number of alkyl halides is 3. The lowest BCUT2D eigenvalue weighted by Gasteiger charge is -2.25. The number of nitriles is 1. The van der Waals surface area contributed by atoms with Crippen LogP contribution >= 0.6 is 0 Å². The molecule has 0 saturated heterocycles. The Morgan fingerprint density at radius 1 is 1.18 bits per heavy atom. The number of aromatic nitrogens is 2. The van der Waals surface area contributed by atoms with Gasteiger partial charge in [-0.3, -0.25) is 5.10 Å². The predicted octanol–water partition coefficient (Wildman–Crippen LogP) is 2.67. The average molecular weight is 396 g/mol. The third kappa shape index (κ3) is 2.92. The summed E-state index contributed by atoms with van der Waals surface area (Å²) in [5.41, 5.74) is 4.32. The minimum absolute atomic E-state index is 0.200. The molecule has 1 atom stereocenters. The van der Waals surface area contributed by atoms with Gasteiger partial charge in [0.25, 0.3) is 0 Å². The number of rotatable bonds is 4.